The molecule has 1 aromatic carbocycles. The van der Waals surface area contributed by atoms with E-state index in [0.29, 0.717) is 0 Å². The van der Waals surface area contributed by atoms with E-state index in [9.17, 15) is 0 Å². The number of pyridine rings is 1. The molecule has 0 saturated heterocycles. The van der Waals surface area contributed by atoms with E-state index in [1.165, 1.54) is 6.33 Å². The Hall–Kier alpha value is -4.33. The highest BCUT2D eigenvalue weighted by Gasteiger charge is 2.15. The number of rotatable bonds is 3. The van der Waals surface area contributed by atoms with E-state index in [2.05, 4.69) is 47.2 Å². The molecule has 144 valence electrons. The summed E-state index contributed by atoms with van der Waals surface area (Å²) in [6.07, 6.45) is 10.8. The van der Waals surface area contributed by atoms with Crippen LogP contribution in [0, 0.1) is 6.92 Å². The maximum atomic E-state index is 4.57. The van der Waals surface area contributed by atoms with Crippen LogP contribution in [0.4, 0.5) is 0 Å². The first-order valence-electron chi connectivity index (χ1n) is 9.49. The van der Waals surface area contributed by atoms with Gasteiger partial charge in [0.25, 0.3) is 0 Å². The predicted octanol–water partition coefficient (Wildman–Crippen LogP) is 4.06. The molecule has 0 bridgehead atoms. The van der Waals surface area contributed by atoms with Gasteiger partial charge in [-0.05, 0) is 36.8 Å². The second kappa shape index (κ2) is 6.35. The molecular weight excluding hydrogens is 376 g/mol. The van der Waals surface area contributed by atoms with Crippen molar-refractivity contribution in [2.24, 2.45) is 0 Å². The minimum atomic E-state index is 0.803. The largest absolute Gasteiger partial charge is 0.338 e. The van der Waals surface area contributed by atoms with Gasteiger partial charge in [0.1, 0.15) is 17.7 Å². The zero-order valence-electron chi connectivity index (χ0n) is 16.0. The van der Waals surface area contributed by atoms with Crippen LogP contribution in [0.1, 0.15) is 5.69 Å². The Morgan fingerprint density at radius 2 is 1.83 bits per heavy atom. The van der Waals surface area contributed by atoms with Gasteiger partial charge in [-0.3, -0.25) is 5.10 Å². The first-order chi connectivity index (χ1) is 14.8. The molecular formula is C22H16N8. The number of hydrogen-bond donors (Lipinski definition) is 2. The molecule has 0 saturated carbocycles. The fraction of sp³-hybridized carbons (Fsp3) is 0.0455. The number of aryl methyl sites for hydroxylation is 1. The second-order valence-corrected chi connectivity index (χ2v) is 7.16. The first-order valence-corrected chi connectivity index (χ1v) is 9.49. The smallest absolute Gasteiger partial charge is 0.139 e. The second-order valence-electron chi connectivity index (χ2n) is 7.16. The number of hydrogen-bond acceptors (Lipinski definition) is 5. The maximum absolute atomic E-state index is 4.57. The van der Waals surface area contributed by atoms with E-state index < -0.39 is 0 Å². The lowest BCUT2D eigenvalue weighted by Gasteiger charge is -2.02. The lowest BCUT2D eigenvalue weighted by Crippen LogP contribution is -1.91. The molecule has 0 aliphatic heterocycles. The first kappa shape index (κ1) is 16.6. The van der Waals surface area contributed by atoms with Gasteiger partial charge in [-0.25, -0.2) is 19.9 Å². The summed E-state index contributed by atoms with van der Waals surface area (Å²) in [5.41, 5.74) is 7.48. The quantitative estimate of drug-likeness (QED) is 0.473. The number of aromatic nitrogens is 8. The van der Waals surface area contributed by atoms with Crippen LogP contribution in [-0.2, 0) is 0 Å². The summed E-state index contributed by atoms with van der Waals surface area (Å²) in [6, 6.07) is 10.2. The summed E-state index contributed by atoms with van der Waals surface area (Å²) in [7, 11) is 0. The normalized spacial score (nSPS) is 11.5. The number of fused-ring (bicyclic) bond motifs is 2. The molecule has 30 heavy (non-hydrogen) atoms. The van der Waals surface area contributed by atoms with Gasteiger partial charge in [-0.2, -0.15) is 5.10 Å². The fourth-order valence-corrected chi connectivity index (χ4v) is 3.77. The van der Waals surface area contributed by atoms with Crippen LogP contribution < -0.4 is 0 Å². The average Bonchev–Trinajstić information content (AvgIpc) is 3.51. The summed E-state index contributed by atoms with van der Waals surface area (Å²) in [4.78, 5) is 20.5. The average molecular weight is 392 g/mol. The Labute approximate surface area is 170 Å². The van der Waals surface area contributed by atoms with Crippen molar-refractivity contribution in [3.63, 3.8) is 0 Å². The lowest BCUT2D eigenvalue weighted by atomic mass is 10.0. The number of imidazole rings is 1. The molecule has 5 aromatic heterocycles. The SMILES string of the molecule is Cc1cn(-c2ccnc3[nH]c(-c4n[nH]c5ccc(-c6cncnc6)cc45)cc23)cn1. The van der Waals surface area contributed by atoms with Crippen LogP contribution in [0.3, 0.4) is 0 Å². The van der Waals surface area contributed by atoms with Crippen molar-refractivity contribution in [2.75, 3.05) is 0 Å². The van der Waals surface area contributed by atoms with Gasteiger partial charge in [-0.15, -0.1) is 0 Å². The van der Waals surface area contributed by atoms with E-state index in [4.69, 9.17) is 0 Å². The minimum Gasteiger partial charge on any atom is -0.338 e. The molecule has 0 unspecified atom stereocenters. The molecule has 0 atom stereocenters. The highest BCUT2D eigenvalue weighted by atomic mass is 15.1. The molecule has 0 radical (unpaired) electrons. The van der Waals surface area contributed by atoms with Crippen molar-refractivity contribution in [1.29, 1.82) is 0 Å². The number of benzene rings is 1. The number of nitrogens with zero attached hydrogens (tertiary/aromatic N) is 6. The Morgan fingerprint density at radius 1 is 0.933 bits per heavy atom. The Balaban J connectivity index is 1.52. The van der Waals surface area contributed by atoms with Crippen molar-refractivity contribution in [2.45, 2.75) is 6.92 Å². The van der Waals surface area contributed by atoms with Gasteiger partial charge in [0.05, 0.1) is 28.9 Å². The van der Waals surface area contributed by atoms with Gasteiger partial charge in [0, 0.05) is 41.1 Å². The van der Waals surface area contributed by atoms with E-state index in [0.717, 1.165) is 55.8 Å². The predicted molar refractivity (Wildman–Crippen MR) is 114 cm³/mol. The van der Waals surface area contributed by atoms with E-state index in [1.54, 1.807) is 18.6 Å². The maximum Gasteiger partial charge on any atom is 0.139 e. The van der Waals surface area contributed by atoms with Crippen molar-refractivity contribution < 1.29 is 0 Å². The molecule has 0 fully saturated rings. The van der Waals surface area contributed by atoms with Crippen LogP contribution in [0.15, 0.2) is 67.8 Å². The van der Waals surface area contributed by atoms with Gasteiger partial charge in [-0.1, -0.05) is 6.07 Å². The van der Waals surface area contributed by atoms with E-state index in [-0.39, 0.29) is 0 Å². The molecule has 0 aliphatic rings. The molecule has 0 spiro atoms. The lowest BCUT2D eigenvalue weighted by molar-refractivity contribution is 1.06. The monoisotopic (exact) mass is 392 g/mol. The summed E-state index contributed by atoms with van der Waals surface area (Å²) in [5.74, 6) is 0. The van der Waals surface area contributed by atoms with Gasteiger partial charge in [0.15, 0.2) is 0 Å². The molecule has 2 N–H and O–H groups in total. The standard InChI is InChI=1S/C22H16N8/c1-13-10-30(12-26-13)20-4-5-25-22-17(20)7-19(27-22)21-16-6-14(2-3-18(16)28-29-21)15-8-23-11-24-9-15/h2-12H,1H3,(H,25,27)(H,28,29). The highest BCUT2D eigenvalue weighted by molar-refractivity contribution is 5.98. The molecule has 5 heterocycles. The van der Waals surface area contributed by atoms with E-state index >= 15 is 0 Å². The Bertz CT molecular complexity index is 1510. The summed E-state index contributed by atoms with van der Waals surface area (Å²) in [6.45, 7) is 1.97. The van der Waals surface area contributed by atoms with Crippen molar-refractivity contribution in [1.82, 2.24) is 39.7 Å². The van der Waals surface area contributed by atoms with Gasteiger partial charge in [0.2, 0.25) is 0 Å². The summed E-state index contributed by atoms with van der Waals surface area (Å²) < 4.78 is 2.01. The van der Waals surface area contributed by atoms with Crippen LogP contribution in [0.2, 0.25) is 0 Å². The summed E-state index contributed by atoms with van der Waals surface area (Å²) >= 11 is 0. The van der Waals surface area contributed by atoms with Crippen LogP contribution >= 0.6 is 0 Å². The number of nitrogens with one attached hydrogen (secondary N) is 2. The van der Waals surface area contributed by atoms with E-state index in [1.807, 2.05) is 42.2 Å². The van der Waals surface area contributed by atoms with Crippen molar-refractivity contribution >= 4 is 21.9 Å². The number of H-pyrrole nitrogens is 2. The van der Waals surface area contributed by atoms with Crippen LogP contribution in [-0.4, -0.2) is 39.7 Å². The molecule has 8 nitrogen and oxygen atoms in total. The Morgan fingerprint density at radius 3 is 2.67 bits per heavy atom. The number of aromatic amines is 2. The molecule has 8 heteroatoms. The highest BCUT2D eigenvalue weighted by Crippen LogP contribution is 2.32. The topological polar surface area (TPSA) is 101 Å². The fourth-order valence-electron chi connectivity index (χ4n) is 3.77. The third-order valence-corrected chi connectivity index (χ3v) is 5.21. The third-order valence-electron chi connectivity index (χ3n) is 5.21. The third kappa shape index (κ3) is 2.58. The molecule has 0 aliphatic carbocycles. The summed E-state index contributed by atoms with van der Waals surface area (Å²) in [5, 5.41) is 9.71. The van der Waals surface area contributed by atoms with Crippen LogP contribution in [0.25, 0.3) is 50.1 Å². The van der Waals surface area contributed by atoms with Gasteiger partial charge < -0.3 is 9.55 Å². The molecule has 6 rings (SSSR count). The molecule has 0 amide bonds. The van der Waals surface area contributed by atoms with Crippen LogP contribution in [0.5, 0.6) is 0 Å². The van der Waals surface area contributed by atoms with Gasteiger partial charge >= 0.3 is 0 Å². The zero-order chi connectivity index (χ0) is 20.1. The molecule has 6 aromatic rings. The Kier molecular flexibility index (Phi) is 3.51. The minimum absolute atomic E-state index is 0.803. The zero-order valence-corrected chi connectivity index (χ0v) is 16.0. The van der Waals surface area contributed by atoms with Crippen molar-refractivity contribution in [3.05, 3.63) is 73.5 Å². The van der Waals surface area contributed by atoms with Crippen molar-refractivity contribution in [3.8, 4) is 28.2 Å².